The van der Waals surface area contributed by atoms with Crippen molar-refractivity contribution in [2.24, 2.45) is 7.05 Å². The number of nitrogens with zero attached hydrogens (tertiary/aromatic N) is 3. The third-order valence-corrected chi connectivity index (χ3v) is 2.47. The Bertz CT molecular complexity index is 413. The van der Waals surface area contributed by atoms with Crippen LogP contribution in [0.4, 0.5) is 19.0 Å². The average molecular weight is 280 g/mol. The highest BCUT2D eigenvalue weighted by atomic mass is 19.4. The minimum atomic E-state index is -5.08. The lowest BCUT2D eigenvalue weighted by molar-refractivity contribution is -0.192. The normalized spacial score (nSPS) is 15.7. The Labute approximate surface area is 107 Å². The Morgan fingerprint density at radius 1 is 1.42 bits per heavy atom. The van der Waals surface area contributed by atoms with Crippen LogP contribution >= 0.6 is 0 Å². The van der Waals surface area contributed by atoms with Crippen LogP contribution in [0.5, 0.6) is 0 Å². The van der Waals surface area contributed by atoms with E-state index >= 15 is 0 Å². The zero-order valence-corrected chi connectivity index (χ0v) is 10.3. The highest BCUT2D eigenvalue weighted by Crippen LogP contribution is 2.13. The predicted molar refractivity (Wildman–Crippen MR) is 62.0 cm³/mol. The number of halogens is 3. The number of imidazole rings is 1. The molecule has 9 heteroatoms. The van der Waals surface area contributed by atoms with Gasteiger partial charge in [0, 0.05) is 33.2 Å². The van der Waals surface area contributed by atoms with Crippen molar-refractivity contribution in [3.8, 4) is 0 Å². The minimum Gasteiger partial charge on any atom is -0.475 e. The van der Waals surface area contributed by atoms with Gasteiger partial charge in [-0.3, -0.25) is 0 Å². The van der Waals surface area contributed by atoms with Crippen molar-refractivity contribution in [2.75, 3.05) is 31.1 Å². The van der Waals surface area contributed by atoms with Crippen molar-refractivity contribution < 1.29 is 23.1 Å². The van der Waals surface area contributed by atoms with E-state index in [0.29, 0.717) is 0 Å². The molecule has 0 radical (unpaired) electrons. The van der Waals surface area contributed by atoms with E-state index in [2.05, 4.69) is 19.8 Å². The number of carboxylic acids is 1. The number of hydrogen-bond acceptors (Lipinski definition) is 4. The molecule has 0 unspecified atom stereocenters. The molecule has 6 nitrogen and oxygen atoms in total. The number of rotatable bonds is 1. The number of aliphatic carboxylic acids is 1. The number of carboxylic acid groups (broad SMARTS) is 1. The molecule has 2 rings (SSSR count). The van der Waals surface area contributed by atoms with Crippen molar-refractivity contribution in [3.63, 3.8) is 0 Å². The number of carbonyl (C=O) groups is 1. The Kier molecular flexibility index (Phi) is 5.16. The molecule has 1 aromatic rings. The van der Waals surface area contributed by atoms with Gasteiger partial charge >= 0.3 is 12.1 Å². The number of aryl methyl sites for hydroxylation is 1. The van der Waals surface area contributed by atoms with Crippen LogP contribution in [-0.2, 0) is 11.8 Å². The zero-order valence-electron chi connectivity index (χ0n) is 10.3. The fraction of sp³-hybridized carbons (Fsp3) is 0.600. The van der Waals surface area contributed by atoms with Gasteiger partial charge in [-0.15, -0.1) is 0 Å². The topological polar surface area (TPSA) is 70.4 Å². The van der Waals surface area contributed by atoms with E-state index in [1.54, 1.807) is 0 Å². The predicted octanol–water partition coefficient (Wildman–Crippen LogP) is 0.463. The minimum absolute atomic E-state index is 1.07. The fourth-order valence-electron chi connectivity index (χ4n) is 1.55. The molecule has 2 heterocycles. The lowest BCUT2D eigenvalue weighted by Crippen LogP contribution is -2.44. The molecule has 1 fully saturated rings. The Balaban J connectivity index is 0.000000224. The fourth-order valence-corrected chi connectivity index (χ4v) is 1.55. The first kappa shape index (κ1) is 15.3. The second kappa shape index (κ2) is 6.41. The first-order valence-electron chi connectivity index (χ1n) is 5.54. The quantitative estimate of drug-likeness (QED) is 0.782. The molecule has 1 aromatic heterocycles. The molecule has 1 aliphatic heterocycles. The summed E-state index contributed by atoms with van der Waals surface area (Å²) in [6.07, 6.45) is -1.32. The van der Waals surface area contributed by atoms with E-state index in [1.165, 1.54) is 5.82 Å². The van der Waals surface area contributed by atoms with Gasteiger partial charge in [-0.1, -0.05) is 0 Å². The highest BCUT2D eigenvalue weighted by molar-refractivity contribution is 5.73. The summed E-state index contributed by atoms with van der Waals surface area (Å²) in [6, 6.07) is 0. The van der Waals surface area contributed by atoms with E-state index in [1.807, 2.05) is 19.6 Å². The first-order valence-corrected chi connectivity index (χ1v) is 5.54. The molecule has 1 saturated heterocycles. The van der Waals surface area contributed by atoms with Gasteiger partial charge in [-0.2, -0.15) is 13.2 Å². The average Bonchev–Trinajstić information content (AvgIpc) is 2.76. The standard InChI is InChI=1S/C8H14N4.C2HF3O2/c1-11-7-10-6-8(11)12-4-2-9-3-5-12;3-2(4,5)1(6)7/h6-7,9H,2-5H2,1H3;(H,6,7). The molecule has 19 heavy (non-hydrogen) atoms. The van der Waals surface area contributed by atoms with Crippen LogP contribution in [0.3, 0.4) is 0 Å². The number of anilines is 1. The number of aromatic nitrogens is 2. The van der Waals surface area contributed by atoms with Crippen molar-refractivity contribution in [1.82, 2.24) is 14.9 Å². The van der Waals surface area contributed by atoms with Gasteiger partial charge in [0.25, 0.3) is 0 Å². The van der Waals surface area contributed by atoms with Crippen LogP contribution in [0.25, 0.3) is 0 Å². The summed E-state index contributed by atoms with van der Waals surface area (Å²) >= 11 is 0. The molecule has 1 aliphatic rings. The van der Waals surface area contributed by atoms with E-state index in [4.69, 9.17) is 9.90 Å². The molecule has 0 spiro atoms. The maximum absolute atomic E-state index is 10.6. The summed E-state index contributed by atoms with van der Waals surface area (Å²) in [5.41, 5.74) is 0. The maximum Gasteiger partial charge on any atom is 0.490 e. The third kappa shape index (κ3) is 4.78. The first-order chi connectivity index (χ1) is 8.82. The number of hydrogen-bond donors (Lipinski definition) is 2. The number of piperazine rings is 1. The molecule has 0 atom stereocenters. The summed E-state index contributed by atoms with van der Waals surface area (Å²) in [5, 5.41) is 10.4. The zero-order chi connectivity index (χ0) is 14.5. The molecule has 0 bridgehead atoms. The van der Waals surface area contributed by atoms with E-state index in [9.17, 15) is 13.2 Å². The molecule has 0 aliphatic carbocycles. The summed E-state index contributed by atoms with van der Waals surface area (Å²) in [5.74, 6) is -1.54. The van der Waals surface area contributed by atoms with Crippen LogP contribution in [0.15, 0.2) is 12.5 Å². The lowest BCUT2D eigenvalue weighted by atomic mass is 10.4. The van der Waals surface area contributed by atoms with Crippen molar-refractivity contribution in [1.29, 1.82) is 0 Å². The maximum atomic E-state index is 10.6. The van der Waals surface area contributed by atoms with Crippen LogP contribution in [0, 0.1) is 0 Å². The molecule has 0 amide bonds. The van der Waals surface area contributed by atoms with E-state index < -0.39 is 12.1 Å². The van der Waals surface area contributed by atoms with Gasteiger partial charge < -0.3 is 19.9 Å². The smallest absolute Gasteiger partial charge is 0.475 e. The van der Waals surface area contributed by atoms with Gasteiger partial charge in [0.05, 0.1) is 12.5 Å². The summed E-state index contributed by atoms with van der Waals surface area (Å²) in [6.45, 7) is 4.31. The summed E-state index contributed by atoms with van der Waals surface area (Å²) in [4.78, 5) is 15.3. The lowest BCUT2D eigenvalue weighted by Gasteiger charge is -2.28. The van der Waals surface area contributed by atoms with Crippen molar-refractivity contribution >= 4 is 11.8 Å². The van der Waals surface area contributed by atoms with Gasteiger partial charge in [-0.25, -0.2) is 9.78 Å². The molecular formula is C10H15F3N4O2. The number of alkyl halides is 3. The largest absolute Gasteiger partial charge is 0.490 e. The summed E-state index contributed by atoms with van der Waals surface area (Å²) in [7, 11) is 2.03. The molecule has 2 N–H and O–H groups in total. The highest BCUT2D eigenvalue weighted by Gasteiger charge is 2.38. The van der Waals surface area contributed by atoms with Gasteiger partial charge in [0.1, 0.15) is 5.82 Å². The van der Waals surface area contributed by atoms with E-state index in [-0.39, 0.29) is 0 Å². The molecule has 108 valence electrons. The van der Waals surface area contributed by atoms with Crippen LogP contribution in [0.1, 0.15) is 0 Å². The van der Waals surface area contributed by atoms with Crippen molar-refractivity contribution in [2.45, 2.75) is 6.18 Å². The Morgan fingerprint density at radius 3 is 2.32 bits per heavy atom. The SMILES string of the molecule is Cn1cncc1N1CCNCC1.O=C(O)C(F)(F)F. The Morgan fingerprint density at radius 2 is 1.95 bits per heavy atom. The molecule has 0 saturated carbocycles. The van der Waals surface area contributed by atoms with Gasteiger partial charge in [-0.05, 0) is 0 Å². The van der Waals surface area contributed by atoms with Crippen LogP contribution in [-0.4, -0.2) is 53.0 Å². The monoisotopic (exact) mass is 280 g/mol. The molecular weight excluding hydrogens is 265 g/mol. The third-order valence-electron chi connectivity index (χ3n) is 2.47. The van der Waals surface area contributed by atoms with Gasteiger partial charge in [0.15, 0.2) is 0 Å². The van der Waals surface area contributed by atoms with Crippen LogP contribution in [0.2, 0.25) is 0 Å². The number of nitrogens with one attached hydrogen (secondary N) is 1. The Hall–Kier alpha value is -1.77. The van der Waals surface area contributed by atoms with Gasteiger partial charge in [0.2, 0.25) is 0 Å². The van der Waals surface area contributed by atoms with E-state index in [0.717, 1.165) is 26.2 Å². The van der Waals surface area contributed by atoms with Crippen molar-refractivity contribution in [3.05, 3.63) is 12.5 Å². The van der Waals surface area contributed by atoms with Crippen LogP contribution < -0.4 is 10.2 Å². The second-order valence-corrected chi connectivity index (χ2v) is 3.90. The molecule has 0 aromatic carbocycles. The summed E-state index contributed by atoms with van der Waals surface area (Å²) < 4.78 is 33.8. The second-order valence-electron chi connectivity index (χ2n) is 3.90.